The van der Waals surface area contributed by atoms with Gasteiger partial charge in [-0.3, -0.25) is 9.59 Å². The van der Waals surface area contributed by atoms with Crippen LogP contribution < -0.4 is 5.32 Å². The summed E-state index contributed by atoms with van der Waals surface area (Å²) in [5, 5.41) is 3.17. The number of oxazole rings is 1. The maximum absolute atomic E-state index is 11.9. The molecule has 1 heterocycles. The summed E-state index contributed by atoms with van der Waals surface area (Å²) in [6.07, 6.45) is 1.32. The maximum Gasteiger partial charge on any atom is 0.312 e. The van der Waals surface area contributed by atoms with Crippen molar-refractivity contribution in [1.82, 2.24) is 4.98 Å². The molecule has 0 bridgehead atoms. The minimum Gasteiger partial charge on any atom is -0.455 e. The number of hydrogen-bond donors (Lipinski definition) is 1. The lowest BCUT2D eigenvalue weighted by Gasteiger charge is -2.07. The minimum absolute atomic E-state index is 0.0834. The van der Waals surface area contributed by atoms with E-state index >= 15 is 0 Å². The van der Waals surface area contributed by atoms with Crippen molar-refractivity contribution in [2.24, 2.45) is 0 Å². The van der Waals surface area contributed by atoms with Gasteiger partial charge in [0.05, 0.1) is 12.1 Å². The molecule has 1 N–H and O–H groups in total. The van der Waals surface area contributed by atoms with Crippen LogP contribution in [0.2, 0.25) is 5.02 Å². The summed E-state index contributed by atoms with van der Waals surface area (Å²) in [6.45, 7) is 1.47. The van der Waals surface area contributed by atoms with E-state index in [9.17, 15) is 9.59 Å². The Hall–Kier alpha value is -3.12. The van der Waals surface area contributed by atoms with Crippen molar-refractivity contribution >= 4 is 29.2 Å². The van der Waals surface area contributed by atoms with E-state index in [1.165, 1.54) is 6.26 Å². The first-order chi connectivity index (χ1) is 13.0. The number of aryl methyl sites for hydroxylation is 1. The fourth-order valence-corrected chi connectivity index (χ4v) is 2.49. The number of anilines is 1. The van der Waals surface area contributed by atoms with Crippen LogP contribution in [0.15, 0.2) is 59.2 Å². The molecule has 0 unspecified atom stereocenters. The average Bonchev–Trinajstić information content (AvgIpc) is 3.12. The van der Waals surface area contributed by atoms with Gasteiger partial charge in [0, 0.05) is 16.3 Å². The highest BCUT2D eigenvalue weighted by Crippen LogP contribution is 2.20. The first-order valence-electron chi connectivity index (χ1n) is 8.23. The maximum atomic E-state index is 11.9. The zero-order chi connectivity index (χ0) is 19.2. The van der Waals surface area contributed by atoms with Crippen LogP contribution in [0.5, 0.6) is 0 Å². The Morgan fingerprint density at radius 1 is 1.19 bits per heavy atom. The predicted octanol–water partition coefficient (Wildman–Crippen LogP) is 4.03. The van der Waals surface area contributed by atoms with Gasteiger partial charge in [0.25, 0.3) is 5.91 Å². The van der Waals surface area contributed by atoms with Gasteiger partial charge in [0.2, 0.25) is 5.89 Å². The summed E-state index contributed by atoms with van der Waals surface area (Å²) in [7, 11) is 0. The summed E-state index contributed by atoms with van der Waals surface area (Å²) >= 11 is 6.01. The SMILES string of the molecule is Cc1ccc(NC(=O)COC(=O)Cc2coc(-c3ccccc3)n2)cc1Cl. The smallest absolute Gasteiger partial charge is 0.312 e. The second-order valence-corrected chi connectivity index (χ2v) is 6.27. The molecule has 0 atom stereocenters. The van der Waals surface area contributed by atoms with Crippen molar-refractivity contribution in [3.63, 3.8) is 0 Å². The van der Waals surface area contributed by atoms with Crippen LogP contribution >= 0.6 is 11.6 Å². The van der Waals surface area contributed by atoms with Gasteiger partial charge < -0.3 is 14.5 Å². The Balaban J connectivity index is 1.49. The van der Waals surface area contributed by atoms with Gasteiger partial charge in [0.15, 0.2) is 6.61 Å². The van der Waals surface area contributed by atoms with Gasteiger partial charge in [-0.1, -0.05) is 35.9 Å². The highest BCUT2D eigenvalue weighted by molar-refractivity contribution is 6.31. The summed E-state index contributed by atoms with van der Waals surface area (Å²) in [6, 6.07) is 14.5. The number of amides is 1. The molecular formula is C20H17ClN2O4. The molecule has 0 spiro atoms. The van der Waals surface area contributed by atoms with Crippen LogP contribution in [0, 0.1) is 6.92 Å². The van der Waals surface area contributed by atoms with Crippen molar-refractivity contribution in [3.05, 3.63) is 71.1 Å². The second-order valence-electron chi connectivity index (χ2n) is 5.86. The first kappa shape index (κ1) is 18.7. The average molecular weight is 385 g/mol. The molecular weight excluding hydrogens is 368 g/mol. The largest absolute Gasteiger partial charge is 0.455 e. The fraction of sp³-hybridized carbons (Fsp3) is 0.150. The number of carbonyl (C=O) groups is 2. The van der Waals surface area contributed by atoms with Crippen molar-refractivity contribution in [1.29, 1.82) is 0 Å². The van der Waals surface area contributed by atoms with Gasteiger partial charge in [-0.25, -0.2) is 4.98 Å². The fourth-order valence-electron chi connectivity index (χ4n) is 2.31. The minimum atomic E-state index is -0.569. The number of benzene rings is 2. The topological polar surface area (TPSA) is 81.4 Å². The zero-order valence-corrected chi connectivity index (χ0v) is 15.3. The summed E-state index contributed by atoms with van der Waals surface area (Å²) in [5.41, 5.74) is 2.69. The van der Waals surface area contributed by atoms with Crippen LogP contribution in [0.25, 0.3) is 11.5 Å². The number of nitrogens with one attached hydrogen (secondary N) is 1. The number of halogens is 1. The van der Waals surface area contributed by atoms with Gasteiger partial charge in [-0.05, 0) is 36.8 Å². The van der Waals surface area contributed by atoms with E-state index in [1.807, 2.05) is 37.3 Å². The Morgan fingerprint density at radius 3 is 2.70 bits per heavy atom. The van der Waals surface area contributed by atoms with E-state index in [-0.39, 0.29) is 6.42 Å². The third-order valence-corrected chi connectivity index (χ3v) is 4.12. The van der Waals surface area contributed by atoms with Crippen LogP contribution in [0.1, 0.15) is 11.3 Å². The molecule has 0 saturated heterocycles. The number of carbonyl (C=O) groups excluding carboxylic acids is 2. The van der Waals surface area contributed by atoms with Gasteiger partial charge >= 0.3 is 5.97 Å². The van der Waals surface area contributed by atoms with Crippen LogP contribution in [-0.2, 0) is 20.7 Å². The third kappa shape index (κ3) is 5.18. The van der Waals surface area contributed by atoms with Crippen LogP contribution in [0.3, 0.4) is 0 Å². The third-order valence-electron chi connectivity index (χ3n) is 3.72. The Bertz CT molecular complexity index is 954. The molecule has 27 heavy (non-hydrogen) atoms. The quantitative estimate of drug-likeness (QED) is 0.649. The number of rotatable bonds is 6. The van der Waals surface area contributed by atoms with Crippen LogP contribution in [0.4, 0.5) is 5.69 Å². The standard InChI is InChI=1S/C20H17ClN2O4/c1-13-7-8-15(9-17(13)21)22-18(24)12-26-19(25)10-16-11-27-20(23-16)14-5-3-2-4-6-14/h2-9,11H,10,12H2,1H3,(H,22,24). The lowest BCUT2D eigenvalue weighted by Crippen LogP contribution is -2.21. The number of nitrogens with zero attached hydrogens (tertiary/aromatic N) is 1. The second kappa shape index (κ2) is 8.51. The number of esters is 1. The first-order valence-corrected chi connectivity index (χ1v) is 8.60. The number of aromatic nitrogens is 1. The normalized spacial score (nSPS) is 10.4. The molecule has 3 rings (SSSR count). The molecule has 0 fully saturated rings. The molecule has 7 heteroatoms. The van der Waals surface area contributed by atoms with Crippen molar-refractivity contribution in [2.45, 2.75) is 13.3 Å². The summed E-state index contributed by atoms with van der Waals surface area (Å²) in [5.74, 6) is -0.596. The highest BCUT2D eigenvalue weighted by atomic mass is 35.5. The van der Waals surface area contributed by atoms with Crippen molar-refractivity contribution in [2.75, 3.05) is 11.9 Å². The lowest BCUT2D eigenvalue weighted by molar-refractivity contribution is -0.146. The molecule has 1 aromatic heterocycles. The van der Waals surface area contributed by atoms with Crippen LogP contribution in [-0.4, -0.2) is 23.5 Å². The predicted molar refractivity (Wildman–Crippen MR) is 101 cm³/mol. The summed E-state index contributed by atoms with van der Waals surface area (Å²) < 4.78 is 10.3. The van der Waals surface area contributed by atoms with Crippen molar-refractivity contribution in [3.8, 4) is 11.5 Å². The molecule has 0 radical (unpaired) electrons. The lowest BCUT2D eigenvalue weighted by atomic mass is 10.2. The van der Waals surface area contributed by atoms with E-state index in [0.29, 0.717) is 22.3 Å². The Morgan fingerprint density at radius 2 is 1.96 bits per heavy atom. The molecule has 1 amide bonds. The Labute approximate surface area is 161 Å². The number of hydrogen-bond acceptors (Lipinski definition) is 5. The molecule has 2 aromatic carbocycles. The van der Waals surface area contributed by atoms with Gasteiger partial charge in [-0.2, -0.15) is 0 Å². The Kier molecular flexibility index (Phi) is 5.88. The molecule has 138 valence electrons. The van der Waals surface area contributed by atoms with E-state index in [0.717, 1.165) is 11.1 Å². The molecule has 0 saturated carbocycles. The van der Waals surface area contributed by atoms with E-state index < -0.39 is 18.5 Å². The molecule has 0 aliphatic rings. The zero-order valence-electron chi connectivity index (χ0n) is 14.6. The highest BCUT2D eigenvalue weighted by Gasteiger charge is 2.13. The monoisotopic (exact) mass is 384 g/mol. The van der Waals surface area contributed by atoms with Gasteiger partial charge in [0.1, 0.15) is 6.26 Å². The number of ether oxygens (including phenoxy) is 1. The molecule has 6 nitrogen and oxygen atoms in total. The van der Waals surface area contributed by atoms with Gasteiger partial charge in [-0.15, -0.1) is 0 Å². The summed E-state index contributed by atoms with van der Waals surface area (Å²) in [4.78, 5) is 28.0. The van der Waals surface area contributed by atoms with E-state index in [1.54, 1.807) is 18.2 Å². The van der Waals surface area contributed by atoms with E-state index in [2.05, 4.69) is 10.3 Å². The molecule has 0 aliphatic carbocycles. The van der Waals surface area contributed by atoms with Crippen molar-refractivity contribution < 1.29 is 18.7 Å². The molecule has 0 aliphatic heterocycles. The molecule has 3 aromatic rings. The van der Waals surface area contributed by atoms with E-state index in [4.69, 9.17) is 20.8 Å².